The average Bonchev–Trinajstić information content (AvgIpc) is 2.62. The number of rotatable bonds is 5. The highest BCUT2D eigenvalue weighted by Gasteiger charge is 2.12. The standard InChI is InChI=1S/C8H12ClN3O2S/c1-3-14-4-6-11-12-8(15-6)10-7(13)5(2)9/h5H,3-4H2,1-2H3,(H,10,12,13). The number of hydrogen-bond donors (Lipinski definition) is 1. The monoisotopic (exact) mass is 249 g/mol. The number of aromatic nitrogens is 2. The number of nitrogens with one attached hydrogen (secondary N) is 1. The van der Waals surface area contributed by atoms with Crippen molar-refractivity contribution in [2.75, 3.05) is 11.9 Å². The van der Waals surface area contributed by atoms with E-state index >= 15 is 0 Å². The van der Waals surface area contributed by atoms with E-state index in [0.717, 1.165) is 5.01 Å². The van der Waals surface area contributed by atoms with Crippen LogP contribution in [-0.4, -0.2) is 28.1 Å². The summed E-state index contributed by atoms with van der Waals surface area (Å²) in [5.74, 6) is -0.282. The zero-order valence-electron chi connectivity index (χ0n) is 8.49. The quantitative estimate of drug-likeness (QED) is 0.806. The van der Waals surface area contributed by atoms with Gasteiger partial charge < -0.3 is 4.74 Å². The molecular formula is C8H12ClN3O2S. The van der Waals surface area contributed by atoms with Gasteiger partial charge >= 0.3 is 0 Å². The van der Waals surface area contributed by atoms with Crippen molar-refractivity contribution in [2.24, 2.45) is 0 Å². The van der Waals surface area contributed by atoms with Crippen LogP contribution in [0.25, 0.3) is 0 Å². The molecule has 1 aromatic rings. The molecule has 0 aliphatic carbocycles. The Kier molecular flexibility index (Phi) is 4.93. The van der Waals surface area contributed by atoms with E-state index in [1.807, 2.05) is 6.92 Å². The molecule has 15 heavy (non-hydrogen) atoms. The molecule has 0 radical (unpaired) electrons. The molecule has 1 N–H and O–H groups in total. The van der Waals surface area contributed by atoms with Crippen LogP contribution < -0.4 is 5.32 Å². The highest BCUT2D eigenvalue weighted by atomic mass is 35.5. The number of carbonyl (C=O) groups excluding carboxylic acids is 1. The SMILES string of the molecule is CCOCc1nnc(NC(=O)C(C)Cl)s1. The highest BCUT2D eigenvalue weighted by molar-refractivity contribution is 7.15. The molecule has 0 bridgehead atoms. The number of amides is 1. The molecule has 7 heteroatoms. The van der Waals surface area contributed by atoms with Gasteiger partial charge in [0, 0.05) is 6.61 Å². The van der Waals surface area contributed by atoms with Crippen LogP contribution in [0.15, 0.2) is 0 Å². The molecule has 0 spiro atoms. The largest absolute Gasteiger partial charge is 0.374 e. The second-order valence-electron chi connectivity index (χ2n) is 2.74. The van der Waals surface area contributed by atoms with Crippen molar-refractivity contribution in [1.29, 1.82) is 0 Å². The normalized spacial score (nSPS) is 12.5. The first-order chi connectivity index (χ1) is 7.13. The minimum atomic E-state index is -0.579. The first-order valence-electron chi connectivity index (χ1n) is 4.48. The maximum absolute atomic E-state index is 11.2. The van der Waals surface area contributed by atoms with E-state index in [9.17, 15) is 4.79 Å². The smallest absolute Gasteiger partial charge is 0.243 e. The molecule has 84 valence electrons. The molecule has 1 atom stereocenters. The molecule has 0 aliphatic rings. The van der Waals surface area contributed by atoms with Crippen LogP contribution >= 0.6 is 22.9 Å². The third-order valence-electron chi connectivity index (χ3n) is 1.49. The van der Waals surface area contributed by atoms with Gasteiger partial charge in [-0.25, -0.2) is 0 Å². The van der Waals surface area contributed by atoms with Gasteiger partial charge in [-0.1, -0.05) is 11.3 Å². The molecule has 0 aromatic carbocycles. The minimum Gasteiger partial charge on any atom is -0.374 e. The maximum atomic E-state index is 11.2. The van der Waals surface area contributed by atoms with Crippen LogP contribution in [0.1, 0.15) is 18.9 Å². The second-order valence-corrected chi connectivity index (χ2v) is 4.46. The van der Waals surface area contributed by atoms with Crippen LogP contribution in [0, 0.1) is 0 Å². The Morgan fingerprint density at radius 1 is 1.67 bits per heavy atom. The Labute approximate surface area is 96.8 Å². The van der Waals surface area contributed by atoms with E-state index in [-0.39, 0.29) is 5.91 Å². The summed E-state index contributed by atoms with van der Waals surface area (Å²) in [4.78, 5) is 11.2. The first-order valence-corrected chi connectivity index (χ1v) is 5.73. The molecule has 1 amide bonds. The zero-order chi connectivity index (χ0) is 11.3. The number of carbonyl (C=O) groups is 1. The van der Waals surface area contributed by atoms with Crippen LogP contribution in [-0.2, 0) is 16.1 Å². The Balaban J connectivity index is 2.49. The Morgan fingerprint density at radius 2 is 2.40 bits per heavy atom. The van der Waals surface area contributed by atoms with Gasteiger partial charge in [-0.3, -0.25) is 10.1 Å². The number of ether oxygens (including phenoxy) is 1. The molecular weight excluding hydrogens is 238 g/mol. The molecule has 1 unspecified atom stereocenters. The lowest BCUT2D eigenvalue weighted by atomic mass is 10.4. The highest BCUT2D eigenvalue weighted by Crippen LogP contribution is 2.16. The lowest BCUT2D eigenvalue weighted by molar-refractivity contribution is -0.115. The number of alkyl halides is 1. The van der Waals surface area contributed by atoms with Crippen LogP contribution in [0.3, 0.4) is 0 Å². The van der Waals surface area contributed by atoms with E-state index < -0.39 is 5.38 Å². The summed E-state index contributed by atoms with van der Waals surface area (Å²) in [5.41, 5.74) is 0. The van der Waals surface area contributed by atoms with Crippen LogP contribution in [0.5, 0.6) is 0 Å². The molecule has 0 saturated carbocycles. The third-order valence-corrected chi connectivity index (χ3v) is 2.50. The van der Waals surface area contributed by atoms with Gasteiger partial charge in [-0.2, -0.15) is 0 Å². The first kappa shape index (κ1) is 12.4. The van der Waals surface area contributed by atoms with Crippen molar-refractivity contribution in [3.8, 4) is 0 Å². The summed E-state index contributed by atoms with van der Waals surface area (Å²) >= 11 is 6.87. The summed E-state index contributed by atoms with van der Waals surface area (Å²) in [6.45, 7) is 4.54. The van der Waals surface area contributed by atoms with Gasteiger partial charge in [0.2, 0.25) is 11.0 Å². The topological polar surface area (TPSA) is 64.1 Å². The summed E-state index contributed by atoms with van der Waals surface area (Å²) in [6.07, 6.45) is 0. The van der Waals surface area contributed by atoms with Crippen LogP contribution in [0.2, 0.25) is 0 Å². The van der Waals surface area contributed by atoms with Gasteiger partial charge in [0.15, 0.2) is 0 Å². The van der Waals surface area contributed by atoms with Crippen molar-refractivity contribution in [3.05, 3.63) is 5.01 Å². The summed E-state index contributed by atoms with van der Waals surface area (Å²) in [6, 6.07) is 0. The Bertz CT molecular complexity index is 329. The lowest BCUT2D eigenvalue weighted by Crippen LogP contribution is -2.20. The predicted octanol–water partition coefficient (Wildman–Crippen LogP) is 1.64. The molecule has 1 heterocycles. The second kappa shape index (κ2) is 5.99. The van der Waals surface area contributed by atoms with Crippen molar-refractivity contribution in [2.45, 2.75) is 25.8 Å². The lowest BCUT2D eigenvalue weighted by Gasteiger charge is -2.00. The van der Waals surface area contributed by atoms with Gasteiger partial charge in [0.25, 0.3) is 0 Å². The van der Waals surface area contributed by atoms with E-state index in [0.29, 0.717) is 18.3 Å². The summed E-state index contributed by atoms with van der Waals surface area (Å²) < 4.78 is 5.15. The van der Waals surface area contributed by atoms with E-state index in [2.05, 4.69) is 15.5 Å². The van der Waals surface area contributed by atoms with E-state index in [1.54, 1.807) is 6.92 Å². The van der Waals surface area contributed by atoms with Crippen molar-refractivity contribution >= 4 is 34.0 Å². The molecule has 0 aliphatic heterocycles. The van der Waals surface area contributed by atoms with Gasteiger partial charge in [0.1, 0.15) is 17.0 Å². The zero-order valence-corrected chi connectivity index (χ0v) is 10.1. The van der Waals surface area contributed by atoms with Crippen molar-refractivity contribution in [3.63, 3.8) is 0 Å². The number of hydrogen-bond acceptors (Lipinski definition) is 5. The predicted molar refractivity (Wildman–Crippen MR) is 59.2 cm³/mol. The summed E-state index contributed by atoms with van der Waals surface area (Å²) in [5, 5.41) is 10.8. The van der Waals surface area contributed by atoms with E-state index in [4.69, 9.17) is 16.3 Å². The maximum Gasteiger partial charge on any atom is 0.243 e. The molecule has 0 saturated heterocycles. The van der Waals surface area contributed by atoms with Crippen molar-refractivity contribution < 1.29 is 9.53 Å². The molecule has 1 aromatic heterocycles. The number of nitrogens with zero attached hydrogens (tertiary/aromatic N) is 2. The Morgan fingerprint density at radius 3 is 3.00 bits per heavy atom. The van der Waals surface area contributed by atoms with Crippen molar-refractivity contribution in [1.82, 2.24) is 10.2 Å². The molecule has 0 fully saturated rings. The number of anilines is 1. The molecule has 5 nitrogen and oxygen atoms in total. The third kappa shape index (κ3) is 4.11. The fraction of sp³-hybridized carbons (Fsp3) is 0.625. The summed E-state index contributed by atoms with van der Waals surface area (Å²) in [7, 11) is 0. The molecule has 1 rings (SSSR count). The van der Waals surface area contributed by atoms with Gasteiger partial charge in [-0.05, 0) is 13.8 Å². The fourth-order valence-electron chi connectivity index (χ4n) is 0.757. The minimum absolute atomic E-state index is 0.282. The number of halogens is 1. The van der Waals surface area contributed by atoms with Gasteiger partial charge in [0.05, 0.1) is 0 Å². The average molecular weight is 250 g/mol. The van der Waals surface area contributed by atoms with E-state index in [1.165, 1.54) is 11.3 Å². The van der Waals surface area contributed by atoms with Crippen LogP contribution in [0.4, 0.5) is 5.13 Å². The van der Waals surface area contributed by atoms with Gasteiger partial charge in [-0.15, -0.1) is 21.8 Å². The Hall–Kier alpha value is -0.720. The fourth-order valence-corrected chi connectivity index (χ4v) is 1.49.